The van der Waals surface area contributed by atoms with Crippen LogP contribution >= 0.6 is 0 Å². The van der Waals surface area contributed by atoms with Crippen LogP contribution in [-0.4, -0.2) is 31.2 Å². The molecule has 1 aliphatic heterocycles. The maximum atomic E-state index is 8.80. The van der Waals surface area contributed by atoms with Crippen LogP contribution in [0, 0.1) is 25.2 Å². The predicted molar refractivity (Wildman–Crippen MR) is 95.4 cm³/mol. The first-order valence-corrected chi connectivity index (χ1v) is 8.15. The van der Waals surface area contributed by atoms with Gasteiger partial charge in [0.25, 0.3) is 0 Å². The molecule has 0 atom stereocenters. The Kier molecular flexibility index (Phi) is 4.76. The molecule has 1 fully saturated rings. The Labute approximate surface area is 142 Å². The third-order valence-electron chi connectivity index (χ3n) is 4.46. The number of nitriles is 1. The summed E-state index contributed by atoms with van der Waals surface area (Å²) in [6, 6.07) is 15.7. The van der Waals surface area contributed by atoms with Gasteiger partial charge in [-0.3, -0.25) is 5.01 Å². The Morgan fingerprint density at radius 2 is 1.67 bits per heavy atom. The molecule has 3 rings (SSSR count). The van der Waals surface area contributed by atoms with Crippen molar-refractivity contribution in [3.8, 4) is 6.07 Å². The molecule has 24 heavy (non-hydrogen) atoms. The van der Waals surface area contributed by atoms with E-state index in [0.29, 0.717) is 5.56 Å². The van der Waals surface area contributed by atoms with Gasteiger partial charge in [-0.2, -0.15) is 5.26 Å². The summed E-state index contributed by atoms with van der Waals surface area (Å²) < 4.78 is 0. The van der Waals surface area contributed by atoms with E-state index >= 15 is 0 Å². The molecule has 122 valence electrons. The average Bonchev–Trinajstić information content (AvgIpc) is 2.63. The molecular weight excluding hydrogens is 298 g/mol. The van der Waals surface area contributed by atoms with E-state index < -0.39 is 0 Å². The number of rotatable bonds is 3. The maximum Gasteiger partial charge on any atom is 0.0991 e. The zero-order valence-corrected chi connectivity index (χ0v) is 14.1. The largest absolute Gasteiger partial charge is 0.368 e. The lowest BCUT2D eigenvalue weighted by molar-refractivity contribution is 0.254. The van der Waals surface area contributed by atoms with E-state index in [1.165, 1.54) is 16.8 Å². The van der Waals surface area contributed by atoms with Crippen molar-refractivity contribution in [2.24, 2.45) is 10.3 Å². The molecule has 0 unspecified atom stereocenters. The molecule has 0 amide bonds. The van der Waals surface area contributed by atoms with Crippen molar-refractivity contribution in [3.63, 3.8) is 0 Å². The van der Waals surface area contributed by atoms with Crippen molar-refractivity contribution in [2.45, 2.75) is 13.8 Å². The van der Waals surface area contributed by atoms with Gasteiger partial charge in [-0.15, -0.1) is 5.11 Å². The molecule has 0 radical (unpaired) electrons. The second-order valence-electron chi connectivity index (χ2n) is 6.01. The first kappa shape index (κ1) is 16.0. The van der Waals surface area contributed by atoms with E-state index in [1.54, 1.807) is 12.1 Å². The van der Waals surface area contributed by atoms with Gasteiger partial charge < -0.3 is 4.90 Å². The van der Waals surface area contributed by atoms with E-state index in [1.807, 2.05) is 17.1 Å². The van der Waals surface area contributed by atoms with Crippen LogP contribution in [0.5, 0.6) is 0 Å². The zero-order valence-electron chi connectivity index (χ0n) is 14.1. The highest BCUT2D eigenvalue weighted by Gasteiger charge is 2.17. The summed E-state index contributed by atoms with van der Waals surface area (Å²) in [6.07, 6.45) is 0. The molecule has 0 bridgehead atoms. The third-order valence-corrected chi connectivity index (χ3v) is 4.46. The number of nitrogens with zero attached hydrogens (tertiary/aromatic N) is 5. The monoisotopic (exact) mass is 319 g/mol. The first-order chi connectivity index (χ1) is 11.7. The van der Waals surface area contributed by atoms with Gasteiger partial charge in [-0.1, -0.05) is 17.4 Å². The summed E-state index contributed by atoms with van der Waals surface area (Å²) in [6.45, 7) is 7.93. The number of aryl methyl sites for hydroxylation is 1. The Bertz CT molecular complexity index is 765. The fraction of sp³-hybridized carbons (Fsp3) is 0.316. The number of hydrogen-bond acceptors (Lipinski definition) is 4. The fourth-order valence-corrected chi connectivity index (χ4v) is 2.82. The topological polar surface area (TPSA) is 55.0 Å². The Morgan fingerprint density at radius 3 is 2.33 bits per heavy atom. The molecule has 0 aliphatic carbocycles. The van der Waals surface area contributed by atoms with Crippen LogP contribution < -0.4 is 4.90 Å². The second kappa shape index (κ2) is 7.14. The molecule has 0 spiro atoms. The van der Waals surface area contributed by atoms with Gasteiger partial charge in [0.15, 0.2) is 0 Å². The zero-order chi connectivity index (χ0) is 16.9. The van der Waals surface area contributed by atoms with Gasteiger partial charge in [-0.05, 0) is 55.3 Å². The van der Waals surface area contributed by atoms with Crippen LogP contribution in [0.15, 0.2) is 52.8 Å². The molecule has 5 nitrogen and oxygen atoms in total. The van der Waals surface area contributed by atoms with E-state index in [-0.39, 0.29) is 0 Å². The third kappa shape index (κ3) is 3.54. The van der Waals surface area contributed by atoms with Crippen LogP contribution in [0.3, 0.4) is 0 Å². The minimum absolute atomic E-state index is 0.635. The SMILES string of the molecule is Cc1cccc(N2CCN(/N=N/c3ccc(C#N)cc3)CC2)c1C. The molecule has 0 aromatic heterocycles. The van der Waals surface area contributed by atoms with E-state index in [2.05, 4.69) is 53.4 Å². The summed E-state index contributed by atoms with van der Waals surface area (Å²) in [7, 11) is 0. The minimum atomic E-state index is 0.635. The highest BCUT2D eigenvalue weighted by atomic mass is 15.6. The van der Waals surface area contributed by atoms with E-state index in [4.69, 9.17) is 5.26 Å². The highest BCUT2D eigenvalue weighted by Crippen LogP contribution is 2.24. The smallest absolute Gasteiger partial charge is 0.0991 e. The van der Waals surface area contributed by atoms with Crippen molar-refractivity contribution in [2.75, 3.05) is 31.1 Å². The quantitative estimate of drug-likeness (QED) is 0.804. The highest BCUT2D eigenvalue weighted by molar-refractivity contribution is 5.56. The second-order valence-corrected chi connectivity index (χ2v) is 6.01. The Balaban J connectivity index is 1.59. The summed E-state index contributed by atoms with van der Waals surface area (Å²) in [5.74, 6) is 0. The molecule has 2 aromatic carbocycles. The molecule has 1 heterocycles. The van der Waals surface area contributed by atoms with Gasteiger partial charge >= 0.3 is 0 Å². The van der Waals surface area contributed by atoms with Gasteiger partial charge in [0.05, 0.1) is 30.4 Å². The Morgan fingerprint density at radius 1 is 0.958 bits per heavy atom. The summed E-state index contributed by atoms with van der Waals surface area (Å²) in [4.78, 5) is 2.41. The van der Waals surface area contributed by atoms with Crippen molar-refractivity contribution in [1.82, 2.24) is 5.01 Å². The number of piperazine rings is 1. The van der Waals surface area contributed by atoms with Crippen LogP contribution in [-0.2, 0) is 0 Å². The minimum Gasteiger partial charge on any atom is -0.368 e. The number of hydrogen-bond donors (Lipinski definition) is 0. The normalized spacial score (nSPS) is 14.9. The van der Waals surface area contributed by atoms with E-state index in [9.17, 15) is 0 Å². The average molecular weight is 319 g/mol. The number of anilines is 1. The number of benzene rings is 2. The molecule has 0 saturated carbocycles. The summed E-state index contributed by atoms with van der Waals surface area (Å²) in [5, 5.41) is 19.4. The lowest BCUT2D eigenvalue weighted by atomic mass is 10.1. The molecule has 5 heteroatoms. The lowest BCUT2D eigenvalue weighted by Gasteiger charge is -2.35. The first-order valence-electron chi connectivity index (χ1n) is 8.15. The van der Waals surface area contributed by atoms with Crippen LogP contribution in [0.2, 0.25) is 0 Å². The predicted octanol–water partition coefficient (Wildman–Crippen LogP) is 4.00. The van der Waals surface area contributed by atoms with Gasteiger partial charge in [0.1, 0.15) is 0 Å². The van der Waals surface area contributed by atoms with Crippen LogP contribution in [0.4, 0.5) is 11.4 Å². The van der Waals surface area contributed by atoms with Gasteiger partial charge in [0, 0.05) is 18.8 Å². The molecule has 2 aromatic rings. The molecule has 1 saturated heterocycles. The standard InChI is InChI=1S/C19H21N5/c1-15-4-3-5-19(16(15)2)23-10-12-24(13-11-23)22-21-18-8-6-17(14-20)7-9-18/h3-9H,10-13H2,1-2H3/b22-21+. The van der Waals surface area contributed by atoms with Gasteiger partial charge in [-0.25, -0.2) is 0 Å². The van der Waals surface area contributed by atoms with Crippen molar-refractivity contribution >= 4 is 11.4 Å². The molecule has 1 aliphatic rings. The summed E-state index contributed by atoms with van der Waals surface area (Å²) in [5.41, 5.74) is 5.40. The summed E-state index contributed by atoms with van der Waals surface area (Å²) >= 11 is 0. The van der Waals surface area contributed by atoms with Crippen LogP contribution in [0.1, 0.15) is 16.7 Å². The fourth-order valence-electron chi connectivity index (χ4n) is 2.82. The van der Waals surface area contributed by atoms with Gasteiger partial charge in [0.2, 0.25) is 0 Å². The van der Waals surface area contributed by atoms with Crippen LogP contribution in [0.25, 0.3) is 0 Å². The Hall–Kier alpha value is -2.87. The molecular formula is C19H21N5. The lowest BCUT2D eigenvalue weighted by Crippen LogP contribution is -2.44. The van der Waals surface area contributed by atoms with Crippen molar-refractivity contribution < 1.29 is 0 Å². The van der Waals surface area contributed by atoms with E-state index in [0.717, 1.165) is 31.9 Å². The maximum absolute atomic E-state index is 8.80. The van der Waals surface area contributed by atoms with Crippen molar-refractivity contribution in [1.29, 1.82) is 5.26 Å². The van der Waals surface area contributed by atoms with Crippen molar-refractivity contribution in [3.05, 3.63) is 59.2 Å². The molecule has 0 N–H and O–H groups in total.